The van der Waals surface area contributed by atoms with Crippen LogP contribution in [0.3, 0.4) is 0 Å². The van der Waals surface area contributed by atoms with Crippen molar-refractivity contribution >= 4 is 23.0 Å². The molecule has 0 amide bonds. The van der Waals surface area contributed by atoms with Gasteiger partial charge < -0.3 is 20.6 Å². The molecule has 0 bridgehead atoms. The van der Waals surface area contributed by atoms with Gasteiger partial charge in [0.05, 0.1) is 16.7 Å². The summed E-state index contributed by atoms with van der Waals surface area (Å²) in [5.41, 5.74) is 8.80. The van der Waals surface area contributed by atoms with Gasteiger partial charge in [0.15, 0.2) is 0 Å². The molecule has 0 radical (unpaired) electrons. The summed E-state index contributed by atoms with van der Waals surface area (Å²) in [6.45, 7) is 3.41. The Hall–Kier alpha value is -3.08. The fourth-order valence-electron chi connectivity index (χ4n) is 2.59. The highest BCUT2D eigenvalue weighted by atomic mass is 35.5. The van der Waals surface area contributed by atoms with Gasteiger partial charge in [-0.1, -0.05) is 11.6 Å². The van der Waals surface area contributed by atoms with Crippen LogP contribution in [0.4, 0.5) is 11.4 Å². The van der Waals surface area contributed by atoms with Crippen molar-refractivity contribution < 1.29 is 9.52 Å². The number of halogens is 1. The third kappa shape index (κ3) is 3.87. The Morgan fingerprint density at radius 1 is 1.22 bits per heavy atom. The zero-order valence-corrected chi connectivity index (χ0v) is 15.5. The Morgan fingerprint density at radius 2 is 1.93 bits per heavy atom. The number of aliphatic hydroxyl groups is 1. The number of benzene rings is 2. The van der Waals surface area contributed by atoms with E-state index in [4.69, 9.17) is 27.0 Å². The standard InChI is InChI=1S/C19H18ClN5O2/c1-10-15(8-5-13(9-21)16(10)20)23-17(11(2)26)19-25-24-18(27-19)12-3-6-14(22)7-4-12/h3-8,11,17,23,26H,22H2,1-2H3/t11-,17-/m1/s1. The number of nitrogens with two attached hydrogens (primary N) is 1. The number of nitrogen functional groups attached to an aromatic ring is 1. The van der Waals surface area contributed by atoms with Crippen LogP contribution >= 0.6 is 11.6 Å². The highest BCUT2D eigenvalue weighted by Crippen LogP contribution is 2.31. The van der Waals surface area contributed by atoms with E-state index >= 15 is 0 Å². The minimum atomic E-state index is -0.821. The first kappa shape index (κ1) is 18.7. The van der Waals surface area contributed by atoms with E-state index in [-0.39, 0.29) is 5.89 Å². The molecule has 27 heavy (non-hydrogen) atoms. The maximum absolute atomic E-state index is 10.2. The number of nitrogens with zero attached hydrogens (tertiary/aromatic N) is 3. The van der Waals surface area contributed by atoms with Crippen LogP contribution in [0.1, 0.15) is 30.0 Å². The van der Waals surface area contributed by atoms with E-state index < -0.39 is 12.1 Å². The first-order valence-electron chi connectivity index (χ1n) is 8.24. The molecule has 0 saturated heterocycles. The molecular weight excluding hydrogens is 366 g/mol. The summed E-state index contributed by atoms with van der Waals surface area (Å²) in [4.78, 5) is 0. The second-order valence-corrected chi connectivity index (χ2v) is 6.52. The predicted octanol–water partition coefficient (Wildman–Crippen LogP) is 3.69. The fraction of sp³-hybridized carbons (Fsp3) is 0.211. The summed E-state index contributed by atoms with van der Waals surface area (Å²) < 4.78 is 5.75. The monoisotopic (exact) mass is 383 g/mol. The quantitative estimate of drug-likeness (QED) is 0.574. The van der Waals surface area contributed by atoms with Crippen molar-refractivity contribution in [2.75, 3.05) is 11.1 Å². The first-order chi connectivity index (χ1) is 12.9. The number of hydrogen-bond acceptors (Lipinski definition) is 7. The van der Waals surface area contributed by atoms with Gasteiger partial charge in [-0.2, -0.15) is 5.26 Å². The van der Waals surface area contributed by atoms with E-state index in [1.54, 1.807) is 50.2 Å². The molecule has 4 N–H and O–H groups in total. The Labute approximate surface area is 161 Å². The van der Waals surface area contributed by atoms with Gasteiger partial charge in [-0.05, 0) is 55.8 Å². The molecule has 2 atom stereocenters. The van der Waals surface area contributed by atoms with E-state index in [1.807, 2.05) is 6.07 Å². The van der Waals surface area contributed by atoms with Gasteiger partial charge >= 0.3 is 0 Å². The van der Waals surface area contributed by atoms with Gasteiger partial charge in [-0.3, -0.25) is 0 Å². The molecule has 0 saturated carbocycles. The van der Waals surface area contributed by atoms with Crippen LogP contribution in [0.25, 0.3) is 11.5 Å². The Morgan fingerprint density at radius 3 is 2.56 bits per heavy atom. The van der Waals surface area contributed by atoms with Gasteiger partial charge in [0.2, 0.25) is 11.8 Å². The highest BCUT2D eigenvalue weighted by molar-refractivity contribution is 6.32. The number of aromatic nitrogens is 2. The number of anilines is 2. The van der Waals surface area contributed by atoms with Crippen molar-refractivity contribution in [1.29, 1.82) is 5.26 Å². The largest absolute Gasteiger partial charge is 0.418 e. The molecule has 138 valence electrons. The lowest BCUT2D eigenvalue weighted by atomic mass is 10.1. The summed E-state index contributed by atoms with van der Waals surface area (Å²) in [6, 6.07) is 11.8. The predicted molar refractivity (Wildman–Crippen MR) is 103 cm³/mol. The Kier molecular flexibility index (Phi) is 5.31. The van der Waals surface area contributed by atoms with Crippen LogP contribution in [0, 0.1) is 18.3 Å². The lowest BCUT2D eigenvalue weighted by Crippen LogP contribution is -2.23. The molecule has 0 aliphatic carbocycles. The second kappa shape index (κ2) is 7.66. The van der Waals surface area contributed by atoms with Crippen LogP contribution in [0.2, 0.25) is 5.02 Å². The van der Waals surface area contributed by atoms with Crippen molar-refractivity contribution in [3.63, 3.8) is 0 Å². The van der Waals surface area contributed by atoms with E-state index in [0.717, 1.165) is 5.56 Å². The number of nitriles is 1. The number of nitrogens with one attached hydrogen (secondary N) is 1. The van der Waals surface area contributed by atoms with Crippen molar-refractivity contribution in [3.8, 4) is 17.5 Å². The van der Waals surface area contributed by atoms with Crippen LogP contribution in [0.15, 0.2) is 40.8 Å². The third-order valence-electron chi connectivity index (χ3n) is 4.16. The molecular formula is C19H18ClN5O2. The number of aliphatic hydroxyl groups excluding tert-OH is 1. The Balaban J connectivity index is 1.90. The minimum absolute atomic E-state index is 0.233. The lowest BCUT2D eigenvalue weighted by Gasteiger charge is -2.21. The van der Waals surface area contributed by atoms with Gasteiger partial charge in [0.1, 0.15) is 12.1 Å². The lowest BCUT2D eigenvalue weighted by molar-refractivity contribution is 0.159. The summed E-state index contributed by atoms with van der Waals surface area (Å²) in [7, 11) is 0. The molecule has 1 heterocycles. The van der Waals surface area contributed by atoms with Gasteiger partial charge in [-0.15, -0.1) is 10.2 Å². The first-order valence-corrected chi connectivity index (χ1v) is 8.61. The van der Waals surface area contributed by atoms with E-state index in [2.05, 4.69) is 15.5 Å². The van der Waals surface area contributed by atoms with Gasteiger partial charge in [-0.25, -0.2) is 0 Å². The average molecular weight is 384 g/mol. The van der Waals surface area contributed by atoms with Gasteiger partial charge in [0.25, 0.3) is 0 Å². The normalized spacial score (nSPS) is 13.0. The summed E-state index contributed by atoms with van der Waals surface area (Å²) in [5.74, 6) is 0.559. The summed E-state index contributed by atoms with van der Waals surface area (Å²) in [5, 5.41) is 30.9. The second-order valence-electron chi connectivity index (χ2n) is 6.14. The fourth-order valence-corrected chi connectivity index (χ4v) is 2.79. The third-order valence-corrected chi connectivity index (χ3v) is 4.65. The maximum Gasteiger partial charge on any atom is 0.247 e. The average Bonchev–Trinajstić information content (AvgIpc) is 3.13. The van der Waals surface area contributed by atoms with Gasteiger partial charge in [0, 0.05) is 16.9 Å². The molecule has 3 aromatic rings. The maximum atomic E-state index is 10.2. The molecule has 0 unspecified atom stereocenters. The van der Waals surface area contributed by atoms with Crippen molar-refractivity contribution in [1.82, 2.24) is 10.2 Å². The molecule has 3 rings (SSSR count). The van der Waals surface area contributed by atoms with Crippen LogP contribution in [-0.4, -0.2) is 21.4 Å². The minimum Gasteiger partial charge on any atom is -0.418 e. The van der Waals surface area contributed by atoms with Crippen molar-refractivity contribution in [2.24, 2.45) is 0 Å². The zero-order valence-electron chi connectivity index (χ0n) is 14.8. The summed E-state index contributed by atoms with van der Waals surface area (Å²) in [6.07, 6.45) is -0.821. The van der Waals surface area contributed by atoms with Crippen molar-refractivity contribution in [3.05, 3.63) is 58.4 Å². The van der Waals surface area contributed by atoms with Crippen molar-refractivity contribution in [2.45, 2.75) is 26.0 Å². The molecule has 0 fully saturated rings. The zero-order chi connectivity index (χ0) is 19.6. The molecule has 0 spiro atoms. The van der Waals surface area contributed by atoms with Crippen LogP contribution < -0.4 is 11.1 Å². The van der Waals surface area contributed by atoms with Crippen LogP contribution in [-0.2, 0) is 0 Å². The Bertz CT molecular complexity index is 992. The van der Waals surface area contributed by atoms with Crippen LogP contribution in [0.5, 0.6) is 0 Å². The van der Waals surface area contributed by atoms with E-state index in [9.17, 15) is 5.11 Å². The smallest absolute Gasteiger partial charge is 0.247 e. The molecule has 8 heteroatoms. The van der Waals surface area contributed by atoms with E-state index in [0.29, 0.717) is 33.4 Å². The molecule has 7 nitrogen and oxygen atoms in total. The van der Waals surface area contributed by atoms with E-state index in [1.165, 1.54) is 0 Å². The number of rotatable bonds is 5. The molecule has 0 aliphatic heterocycles. The summed E-state index contributed by atoms with van der Waals surface area (Å²) >= 11 is 6.22. The molecule has 0 aliphatic rings. The molecule has 2 aromatic carbocycles. The highest BCUT2D eigenvalue weighted by Gasteiger charge is 2.25. The SMILES string of the molecule is Cc1c(N[C@@H](c2nnc(-c3ccc(N)cc3)o2)[C@@H](C)O)ccc(C#N)c1Cl. The topological polar surface area (TPSA) is 121 Å². The number of hydrogen-bond donors (Lipinski definition) is 3. The molecule has 1 aromatic heterocycles.